The molecular weight excluding hydrogens is 149 g/mol. The van der Waals surface area contributed by atoms with Crippen molar-refractivity contribution in [1.82, 2.24) is 9.53 Å². The maximum Gasteiger partial charge on any atom is 0.150 e. The minimum atomic E-state index is -0.669. The molecule has 12 radical (unpaired) electrons. The molecule has 50 valence electrons. The number of rotatable bonds is 6. The lowest BCUT2D eigenvalue weighted by Gasteiger charge is -2.35. The predicted octanol–water partition coefficient (Wildman–Crippen LogP) is -3.86. The van der Waals surface area contributed by atoms with Gasteiger partial charge in [0.25, 0.3) is 0 Å². The molecule has 0 aliphatic heterocycles. The highest BCUT2D eigenvalue weighted by Gasteiger charge is 2.18. The SMILES string of the molecule is [B][B]B([B])N(CN(C)[B][B])B([B])[B]. The van der Waals surface area contributed by atoms with E-state index in [0.717, 1.165) is 0 Å². The van der Waals surface area contributed by atoms with Crippen LogP contribution in [-0.2, 0) is 0 Å². The average Bonchev–Trinajstić information content (AvgIpc) is 2.11. The Morgan fingerprint density at radius 2 is 1.77 bits per heavy atom. The van der Waals surface area contributed by atoms with Crippen molar-refractivity contribution in [2.75, 3.05) is 13.7 Å². The van der Waals surface area contributed by atoms with Crippen LogP contribution in [0.5, 0.6) is 0 Å². The summed E-state index contributed by atoms with van der Waals surface area (Å²) in [4.78, 5) is 1.69. The van der Waals surface area contributed by atoms with Crippen LogP contribution in [0.2, 0.25) is 0 Å². The van der Waals surface area contributed by atoms with Crippen molar-refractivity contribution in [2.24, 2.45) is 0 Å². The van der Waals surface area contributed by atoms with E-state index < -0.39 is 13.3 Å². The fourth-order valence-electron chi connectivity index (χ4n) is 0.803. The molecule has 0 atom stereocenters. The van der Waals surface area contributed by atoms with E-state index in [9.17, 15) is 0 Å². The van der Waals surface area contributed by atoms with Crippen molar-refractivity contribution in [3.05, 3.63) is 0 Å². The van der Waals surface area contributed by atoms with Gasteiger partial charge in [-0.15, -0.1) is 0 Å². The van der Waals surface area contributed by atoms with E-state index in [-0.39, 0.29) is 0 Å². The monoisotopic (exact) mass is 156 g/mol. The van der Waals surface area contributed by atoms with E-state index in [4.69, 9.17) is 38.7 Å². The highest BCUT2D eigenvalue weighted by atomic mass is 15.2. The summed E-state index contributed by atoms with van der Waals surface area (Å²) in [6.07, 6.45) is 0. The summed E-state index contributed by atoms with van der Waals surface area (Å²) in [5.41, 5.74) is 0. The number of hydrogen-bond acceptors (Lipinski definition) is 2. The van der Waals surface area contributed by atoms with E-state index in [2.05, 4.69) is 0 Å². The minimum absolute atomic E-state index is 0.420. The Kier molecular flexibility index (Phi) is 7.15. The summed E-state index contributed by atoms with van der Waals surface area (Å²) in [5.74, 6) is 0. The molecule has 0 heterocycles. The van der Waals surface area contributed by atoms with Gasteiger partial charge in [-0.05, 0) is 7.05 Å². The molecule has 0 spiro atoms. The zero-order valence-electron chi connectivity index (χ0n) is 7.80. The maximum atomic E-state index is 5.63. The topological polar surface area (TPSA) is 6.48 Å². The van der Waals surface area contributed by atoms with Gasteiger partial charge in [-0.1, -0.05) is 0 Å². The number of hydrogen-bond donors (Lipinski definition) is 0. The van der Waals surface area contributed by atoms with Gasteiger partial charge in [0.1, 0.15) is 20.6 Å². The molecule has 0 saturated heterocycles. The summed E-state index contributed by atoms with van der Waals surface area (Å²) in [6, 6.07) is 0. The first-order valence-electron chi connectivity index (χ1n) is 3.85. The Morgan fingerprint density at radius 1 is 1.23 bits per heavy atom. The lowest BCUT2D eigenvalue weighted by molar-refractivity contribution is 0.443. The molecule has 0 bridgehead atoms. The van der Waals surface area contributed by atoms with Gasteiger partial charge in [0.2, 0.25) is 0 Å². The standard InChI is InChI=1S/C2H5B9N2/c1-12(9-4)2-13(10(5)6)11(7)8-3/h2H2,1H3. The Morgan fingerprint density at radius 3 is 2.08 bits per heavy atom. The molecule has 0 rings (SSSR count). The molecule has 0 fully saturated rings. The van der Waals surface area contributed by atoms with Gasteiger partial charge < -0.3 is 9.53 Å². The second-order valence-electron chi connectivity index (χ2n) is 2.74. The van der Waals surface area contributed by atoms with E-state index in [0.29, 0.717) is 6.67 Å². The van der Waals surface area contributed by atoms with E-state index in [1.165, 1.54) is 14.4 Å². The van der Waals surface area contributed by atoms with Crippen LogP contribution in [0.4, 0.5) is 0 Å². The Bertz CT molecular complexity index is 131. The summed E-state index contributed by atoms with van der Waals surface area (Å²) in [5, 5.41) is 0. The first kappa shape index (κ1) is 13.5. The Balaban J connectivity index is 4.09. The molecule has 0 aromatic heterocycles. The van der Waals surface area contributed by atoms with E-state index in [1.54, 1.807) is 16.6 Å². The van der Waals surface area contributed by atoms with Crippen LogP contribution >= 0.6 is 0 Å². The van der Waals surface area contributed by atoms with Gasteiger partial charge in [-0.3, -0.25) is 0 Å². The van der Waals surface area contributed by atoms with Crippen molar-refractivity contribution in [3.63, 3.8) is 0 Å². The third-order valence-corrected chi connectivity index (χ3v) is 1.60. The molecule has 0 amide bonds. The summed E-state index contributed by atoms with van der Waals surface area (Å²) in [7, 11) is 31.6. The smallest absolute Gasteiger partial charge is 0.150 e. The molecule has 0 unspecified atom stereocenters. The van der Waals surface area contributed by atoms with Gasteiger partial charge in [0, 0.05) is 52.4 Å². The minimum Gasteiger partial charge on any atom is -0.401 e. The van der Waals surface area contributed by atoms with Crippen LogP contribution in [0.15, 0.2) is 0 Å². The summed E-state index contributed by atoms with van der Waals surface area (Å²) in [6.45, 7) is -0.733. The molecule has 0 aromatic rings. The van der Waals surface area contributed by atoms with Gasteiger partial charge in [-0.2, -0.15) is 0 Å². The molecule has 0 saturated carbocycles. The van der Waals surface area contributed by atoms with Gasteiger partial charge in [0.05, 0.1) is 0 Å². The van der Waals surface area contributed by atoms with Gasteiger partial charge >= 0.3 is 0 Å². The zero-order chi connectivity index (χ0) is 10.4. The predicted molar refractivity (Wildman–Crippen MR) is 66.3 cm³/mol. The number of nitrogens with zero attached hydrogens (tertiary/aromatic N) is 2. The average molecular weight is 154 g/mol. The second kappa shape index (κ2) is 6.88. The lowest BCUT2D eigenvalue weighted by atomic mass is 9.06. The van der Waals surface area contributed by atoms with Crippen LogP contribution in [-0.4, -0.2) is 89.6 Å². The van der Waals surface area contributed by atoms with Gasteiger partial charge in [0.15, 0.2) is 0 Å². The van der Waals surface area contributed by atoms with Gasteiger partial charge in [-0.25, -0.2) is 0 Å². The third kappa shape index (κ3) is 5.07. The molecule has 11 heteroatoms. The molecule has 13 heavy (non-hydrogen) atoms. The summed E-state index contributed by atoms with van der Waals surface area (Å²) >= 11 is 0. The van der Waals surface area contributed by atoms with Crippen LogP contribution < -0.4 is 0 Å². The Labute approximate surface area is 90.0 Å². The fourth-order valence-corrected chi connectivity index (χ4v) is 0.803. The Hall–Kier alpha value is 0.504. The van der Waals surface area contributed by atoms with Crippen molar-refractivity contribution in [1.29, 1.82) is 0 Å². The van der Waals surface area contributed by atoms with Crippen LogP contribution in [0, 0.1) is 0 Å². The third-order valence-electron chi connectivity index (χ3n) is 1.60. The molecule has 0 aliphatic rings. The van der Waals surface area contributed by atoms with Crippen molar-refractivity contribution < 1.29 is 0 Å². The highest BCUT2D eigenvalue weighted by Crippen LogP contribution is 1.92. The summed E-state index contributed by atoms with van der Waals surface area (Å²) < 4.78 is 1.59. The zero-order valence-corrected chi connectivity index (χ0v) is 7.80. The van der Waals surface area contributed by atoms with Crippen LogP contribution in [0.25, 0.3) is 0 Å². The first-order chi connectivity index (χ1) is 6.02. The molecular formula is C2H5B9N2. The van der Waals surface area contributed by atoms with Crippen molar-refractivity contribution in [3.8, 4) is 0 Å². The molecule has 0 N–H and O–H groups in total. The molecule has 2 nitrogen and oxygen atoms in total. The lowest BCUT2D eigenvalue weighted by Crippen LogP contribution is -2.58. The van der Waals surface area contributed by atoms with Crippen molar-refractivity contribution >= 4 is 66.3 Å². The maximum absolute atomic E-state index is 5.63. The fraction of sp³-hybridized carbons (Fsp3) is 1.00. The quantitative estimate of drug-likeness (QED) is 0.285. The van der Waals surface area contributed by atoms with Crippen molar-refractivity contribution in [2.45, 2.75) is 0 Å². The highest BCUT2D eigenvalue weighted by molar-refractivity contribution is 7.48. The molecule has 0 aliphatic carbocycles. The normalized spacial score (nSPS) is 10.1. The van der Waals surface area contributed by atoms with Crippen LogP contribution in [0.3, 0.4) is 0 Å². The van der Waals surface area contributed by atoms with Crippen LogP contribution in [0.1, 0.15) is 0 Å². The van der Waals surface area contributed by atoms with E-state index >= 15 is 0 Å². The van der Waals surface area contributed by atoms with E-state index in [1.807, 2.05) is 0 Å². The second-order valence-corrected chi connectivity index (χ2v) is 2.74. The molecule has 0 aromatic carbocycles. The largest absolute Gasteiger partial charge is 0.401 e. The first-order valence-corrected chi connectivity index (χ1v) is 3.85.